The Balaban J connectivity index is 0.000000474. The highest BCUT2D eigenvalue weighted by Gasteiger charge is 2.27. The third-order valence-electron chi connectivity index (χ3n) is 8.46. The summed E-state index contributed by atoms with van der Waals surface area (Å²) in [6.45, 7) is 4.50. The number of anilines is 1. The summed E-state index contributed by atoms with van der Waals surface area (Å²) in [5.74, 6) is -0.371. The molecule has 2 saturated heterocycles. The summed E-state index contributed by atoms with van der Waals surface area (Å²) < 4.78 is 8.71. The van der Waals surface area contributed by atoms with Gasteiger partial charge in [0.1, 0.15) is 5.58 Å². The number of rotatable bonds is 8. The monoisotopic (exact) mass is 674 g/mol. The van der Waals surface area contributed by atoms with E-state index in [1.165, 1.54) is 28.6 Å². The molecule has 3 amide bonds. The van der Waals surface area contributed by atoms with E-state index < -0.39 is 5.91 Å². The van der Waals surface area contributed by atoms with Crippen molar-refractivity contribution in [2.75, 3.05) is 37.2 Å². The van der Waals surface area contributed by atoms with E-state index in [0.717, 1.165) is 42.6 Å². The molecule has 246 valence electrons. The largest absolute Gasteiger partial charge is 0.451 e. The van der Waals surface area contributed by atoms with Gasteiger partial charge in [0, 0.05) is 55.6 Å². The Morgan fingerprint density at radius 3 is 2.40 bits per heavy atom. The molecule has 0 unspecified atom stereocenters. The Hall–Kier alpha value is -4.28. The van der Waals surface area contributed by atoms with Crippen LogP contribution in [0.3, 0.4) is 0 Å². The van der Waals surface area contributed by atoms with Gasteiger partial charge >= 0.3 is 0 Å². The van der Waals surface area contributed by atoms with Gasteiger partial charge in [0.2, 0.25) is 11.8 Å². The van der Waals surface area contributed by atoms with Gasteiger partial charge in [-0.2, -0.15) is 0 Å². The van der Waals surface area contributed by atoms with Crippen molar-refractivity contribution in [1.82, 2.24) is 15.1 Å². The first kappa shape index (κ1) is 34.1. The second-order valence-corrected chi connectivity index (χ2v) is 12.8. The number of nitrogens with one attached hydrogen (secondary N) is 2. The molecular formula is C36H39ClN4O5S. The zero-order valence-electron chi connectivity index (χ0n) is 26.6. The van der Waals surface area contributed by atoms with Crippen LogP contribution in [0.4, 0.5) is 5.69 Å². The first-order valence-electron chi connectivity index (χ1n) is 15.7. The van der Waals surface area contributed by atoms with Gasteiger partial charge in [0.15, 0.2) is 11.2 Å². The second kappa shape index (κ2) is 16.0. The summed E-state index contributed by atoms with van der Waals surface area (Å²) in [5.41, 5.74) is 4.42. The van der Waals surface area contributed by atoms with Gasteiger partial charge in [-0.1, -0.05) is 65.5 Å². The summed E-state index contributed by atoms with van der Waals surface area (Å²) in [7, 11) is 0. The molecule has 3 aromatic carbocycles. The standard InChI is InChI=1S/C29H32N4O5S.C7H7Cl/c1-39-31-21-8-9-25-23(15-21)24(34)16-26(38-25)29(37)30-17-28(36)32-13-10-19(11-14-32)22-6-3-2-5-20(22)18-33-12-4-7-27(33)35;1-6-2-4-7(8)5-3-6/h2-3,5-6,8-9,15-16,19,31H,4,7,10-14,17-18H2,1H3,(H,30,37);2-5H,1H3. The van der Waals surface area contributed by atoms with Crippen molar-refractivity contribution >= 4 is 57.9 Å². The Labute approximate surface area is 283 Å². The first-order chi connectivity index (χ1) is 22.7. The number of hydrogen-bond donors (Lipinski definition) is 2. The molecule has 0 atom stereocenters. The number of aryl methyl sites for hydroxylation is 1. The molecule has 2 fully saturated rings. The highest BCUT2D eigenvalue weighted by molar-refractivity contribution is 7.99. The van der Waals surface area contributed by atoms with Crippen molar-refractivity contribution in [2.45, 2.75) is 45.1 Å². The first-order valence-corrected chi connectivity index (χ1v) is 17.3. The van der Waals surface area contributed by atoms with Crippen LogP contribution in [0.15, 0.2) is 82.0 Å². The quantitative estimate of drug-likeness (QED) is 0.208. The summed E-state index contributed by atoms with van der Waals surface area (Å²) in [5, 5.41) is 3.78. The van der Waals surface area contributed by atoms with Gasteiger partial charge < -0.3 is 24.3 Å². The van der Waals surface area contributed by atoms with Gasteiger partial charge in [-0.25, -0.2) is 0 Å². The summed E-state index contributed by atoms with van der Waals surface area (Å²) in [6.07, 6.45) is 5.06. The molecule has 9 nitrogen and oxygen atoms in total. The molecular weight excluding hydrogens is 636 g/mol. The molecule has 11 heteroatoms. The van der Waals surface area contributed by atoms with E-state index in [0.29, 0.717) is 42.9 Å². The number of fused-ring (bicyclic) bond motifs is 1. The van der Waals surface area contributed by atoms with Crippen molar-refractivity contribution < 1.29 is 18.8 Å². The lowest BCUT2D eigenvalue weighted by molar-refractivity contribution is -0.131. The number of benzene rings is 3. The predicted molar refractivity (Wildman–Crippen MR) is 188 cm³/mol. The van der Waals surface area contributed by atoms with Crippen LogP contribution in [0, 0.1) is 6.92 Å². The Morgan fingerprint density at radius 2 is 1.72 bits per heavy atom. The number of likely N-dealkylation sites (tertiary alicyclic amines) is 2. The average Bonchev–Trinajstić information content (AvgIpc) is 3.49. The molecule has 4 aromatic rings. The molecule has 2 N–H and O–H groups in total. The Morgan fingerprint density at radius 1 is 0.979 bits per heavy atom. The Bertz CT molecular complexity index is 1770. The van der Waals surface area contributed by atoms with E-state index in [1.807, 2.05) is 54.5 Å². The number of amides is 3. The van der Waals surface area contributed by atoms with Crippen LogP contribution in [-0.4, -0.2) is 60.0 Å². The fraction of sp³-hybridized carbons (Fsp3) is 0.333. The number of nitrogens with zero attached hydrogens (tertiary/aromatic N) is 2. The number of piperidine rings is 1. The molecule has 6 rings (SSSR count). The normalized spacial score (nSPS) is 14.9. The summed E-state index contributed by atoms with van der Waals surface area (Å²) in [6, 6.07) is 22.3. The third kappa shape index (κ3) is 8.96. The van der Waals surface area contributed by atoms with Crippen molar-refractivity contribution in [3.63, 3.8) is 0 Å². The van der Waals surface area contributed by atoms with E-state index in [1.54, 1.807) is 23.1 Å². The van der Waals surface area contributed by atoms with Crippen LogP contribution in [0.2, 0.25) is 5.02 Å². The molecule has 2 aliphatic heterocycles. The minimum atomic E-state index is -0.603. The predicted octanol–water partition coefficient (Wildman–Crippen LogP) is 6.39. The van der Waals surface area contributed by atoms with E-state index in [-0.39, 0.29) is 29.5 Å². The summed E-state index contributed by atoms with van der Waals surface area (Å²) >= 11 is 7.02. The van der Waals surface area contributed by atoms with Crippen LogP contribution in [0.25, 0.3) is 11.0 Å². The van der Waals surface area contributed by atoms with E-state index >= 15 is 0 Å². The molecule has 0 radical (unpaired) electrons. The Kier molecular flexibility index (Phi) is 11.6. The SMILES string of the molecule is CSNc1ccc2oc(C(=O)NCC(=O)N3CCC(c4ccccc4CN4CCCC4=O)CC3)cc(=O)c2c1.Cc1ccc(Cl)cc1. The smallest absolute Gasteiger partial charge is 0.287 e. The van der Waals surface area contributed by atoms with Crippen molar-refractivity contribution in [3.05, 3.63) is 110 Å². The number of hydrogen-bond acceptors (Lipinski definition) is 7. The van der Waals surface area contributed by atoms with Gasteiger partial charge in [-0.3, -0.25) is 19.2 Å². The molecule has 47 heavy (non-hydrogen) atoms. The fourth-order valence-electron chi connectivity index (χ4n) is 5.93. The lowest BCUT2D eigenvalue weighted by Gasteiger charge is -2.33. The minimum absolute atomic E-state index is 0.127. The number of carbonyl (C=O) groups is 3. The maximum absolute atomic E-state index is 12.9. The van der Waals surface area contributed by atoms with Gasteiger partial charge in [-0.15, -0.1) is 0 Å². The number of carbonyl (C=O) groups excluding carboxylic acids is 3. The average molecular weight is 675 g/mol. The van der Waals surface area contributed by atoms with Crippen LogP contribution >= 0.6 is 23.5 Å². The fourth-order valence-corrected chi connectivity index (χ4v) is 6.42. The van der Waals surface area contributed by atoms with Crippen molar-refractivity contribution in [2.24, 2.45) is 0 Å². The molecule has 1 aromatic heterocycles. The zero-order chi connectivity index (χ0) is 33.3. The van der Waals surface area contributed by atoms with Gasteiger partial charge in [0.25, 0.3) is 5.91 Å². The van der Waals surface area contributed by atoms with Crippen molar-refractivity contribution in [3.8, 4) is 0 Å². The molecule has 2 aliphatic rings. The maximum Gasteiger partial charge on any atom is 0.287 e. The van der Waals surface area contributed by atoms with Crippen LogP contribution < -0.4 is 15.5 Å². The lowest BCUT2D eigenvalue weighted by atomic mass is 9.86. The van der Waals surface area contributed by atoms with Gasteiger partial charge in [0.05, 0.1) is 11.9 Å². The molecule has 0 bridgehead atoms. The van der Waals surface area contributed by atoms with E-state index in [9.17, 15) is 19.2 Å². The minimum Gasteiger partial charge on any atom is -0.451 e. The molecule has 0 spiro atoms. The van der Waals surface area contributed by atoms with Crippen molar-refractivity contribution in [1.29, 1.82) is 0 Å². The molecule has 0 saturated carbocycles. The summed E-state index contributed by atoms with van der Waals surface area (Å²) in [4.78, 5) is 53.9. The maximum atomic E-state index is 12.9. The highest BCUT2D eigenvalue weighted by Crippen LogP contribution is 2.31. The van der Waals surface area contributed by atoms with Crippen LogP contribution in [0.1, 0.15) is 58.8 Å². The highest BCUT2D eigenvalue weighted by atomic mass is 35.5. The lowest BCUT2D eigenvalue weighted by Crippen LogP contribution is -2.44. The van der Waals surface area contributed by atoms with Crippen LogP contribution in [-0.2, 0) is 16.1 Å². The molecule has 0 aliphatic carbocycles. The topological polar surface area (TPSA) is 112 Å². The molecule has 3 heterocycles. The van der Waals surface area contributed by atoms with E-state index in [4.69, 9.17) is 16.0 Å². The van der Waals surface area contributed by atoms with Crippen LogP contribution in [0.5, 0.6) is 0 Å². The number of halogens is 1. The third-order valence-corrected chi connectivity index (χ3v) is 9.15. The second-order valence-electron chi connectivity index (χ2n) is 11.7. The zero-order valence-corrected chi connectivity index (χ0v) is 28.2. The van der Waals surface area contributed by atoms with Gasteiger partial charge in [-0.05, 0) is 73.6 Å². The van der Waals surface area contributed by atoms with E-state index in [2.05, 4.69) is 22.2 Å².